The average molecular weight is 255 g/mol. The van der Waals surface area contributed by atoms with Crippen LogP contribution in [0.3, 0.4) is 0 Å². The predicted octanol–water partition coefficient (Wildman–Crippen LogP) is 4.71. The molecule has 18 heavy (non-hydrogen) atoms. The Kier molecular flexibility index (Phi) is 2.14. The van der Waals surface area contributed by atoms with Crippen LogP contribution in [0.15, 0.2) is 48.5 Å². The first kappa shape index (κ1) is 10.6. The quantitative estimate of drug-likeness (QED) is 0.691. The summed E-state index contributed by atoms with van der Waals surface area (Å²) in [6.07, 6.45) is 3.80. The Labute approximate surface area is 113 Å². The minimum absolute atomic E-state index is 0.432. The van der Waals surface area contributed by atoms with Crippen LogP contribution in [0.2, 0.25) is 5.02 Å². The first-order valence-electron chi connectivity index (χ1n) is 6.63. The van der Waals surface area contributed by atoms with Gasteiger partial charge in [-0.2, -0.15) is 0 Å². The third-order valence-corrected chi connectivity index (χ3v) is 4.96. The van der Waals surface area contributed by atoms with Crippen LogP contribution in [-0.2, 0) is 11.8 Å². The summed E-state index contributed by atoms with van der Waals surface area (Å²) in [5.74, 6) is 0.723. The van der Waals surface area contributed by atoms with Crippen LogP contribution in [0.5, 0.6) is 0 Å². The summed E-state index contributed by atoms with van der Waals surface area (Å²) in [6, 6.07) is 17.4. The van der Waals surface area contributed by atoms with Crippen molar-refractivity contribution in [2.75, 3.05) is 0 Å². The fraction of sp³-hybridized carbons (Fsp3) is 0.294. The van der Waals surface area contributed by atoms with E-state index in [1.54, 1.807) is 5.56 Å². The summed E-state index contributed by atoms with van der Waals surface area (Å²) in [4.78, 5) is 0. The van der Waals surface area contributed by atoms with E-state index in [2.05, 4.69) is 42.5 Å². The van der Waals surface area contributed by atoms with Gasteiger partial charge in [0.1, 0.15) is 0 Å². The molecule has 0 radical (unpaired) electrons. The van der Waals surface area contributed by atoms with E-state index in [0.29, 0.717) is 5.41 Å². The van der Waals surface area contributed by atoms with Gasteiger partial charge in [0.2, 0.25) is 0 Å². The van der Waals surface area contributed by atoms with Gasteiger partial charge in [-0.1, -0.05) is 48.0 Å². The van der Waals surface area contributed by atoms with Gasteiger partial charge in [0.05, 0.1) is 0 Å². The molecular weight excluding hydrogens is 240 g/mol. The lowest BCUT2D eigenvalue weighted by atomic mass is 9.92. The summed E-state index contributed by atoms with van der Waals surface area (Å²) in [5, 5.41) is 0.878. The molecule has 2 aliphatic carbocycles. The topological polar surface area (TPSA) is 0 Å². The van der Waals surface area contributed by atoms with Gasteiger partial charge >= 0.3 is 0 Å². The van der Waals surface area contributed by atoms with Gasteiger partial charge in [0.15, 0.2) is 0 Å². The lowest BCUT2D eigenvalue weighted by Crippen LogP contribution is -2.04. The summed E-state index contributed by atoms with van der Waals surface area (Å²) >= 11 is 6.09. The van der Waals surface area contributed by atoms with E-state index in [9.17, 15) is 0 Å². The molecule has 0 aromatic heterocycles. The molecule has 0 unspecified atom stereocenters. The second kappa shape index (κ2) is 3.61. The van der Waals surface area contributed by atoms with Crippen molar-refractivity contribution in [3.8, 4) is 0 Å². The van der Waals surface area contributed by atoms with Crippen LogP contribution in [0.4, 0.5) is 0 Å². The van der Waals surface area contributed by atoms with Crippen LogP contribution in [0.1, 0.15) is 35.4 Å². The normalized spacial score (nSPS) is 28.4. The maximum Gasteiger partial charge on any atom is 0.0408 e. The number of aryl methyl sites for hydroxylation is 1. The van der Waals surface area contributed by atoms with Gasteiger partial charge in [-0.25, -0.2) is 0 Å². The summed E-state index contributed by atoms with van der Waals surface area (Å²) in [5.41, 5.74) is 4.96. The number of hydrogen-bond donors (Lipinski definition) is 0. The summed E-state index contributed by atoms with van der Waals surface area (Å²) in [7, 11) is 0. The van der Waals surface area contributed by atoms with Crippen LogP contribution >= 0.6 is 11.6 Å². The van der Waals surface area contributed by atoms with Gasteiger partial charge in [0.25, 0.3) is 0 Å². The molecule has 1 spiro atoms. The van der Waals surface area contributed by atoms with Crippen molar-refractivity contribution in [2.45, 2.75) is 30.6 Å². The molecule has 0 saturated heterocycles. The number of hydrogen-bond acceptors (Lipinski definition) is 0. The fourth-order valence-electron chi connectivity index (χ4n) is 3.75. The van der Waals surface area contributed by atoms with Crippen molar-refractivity contribution >= 4 is 11.6 Å². The molecule has 0 bridgehead atoms. The predicted molar refractivity (Wildman–Crippen MR) is 75.3 cm³/mol. The molecule has 1 saturated carbocycles. The lowest BCUT2D eigenvalue weighted by Gasteiger charge is -2.11. The van der Waals surface area contributed by atoms with Crippen LogP contribution in [-0.4, -0.2) is 0 Å². The SMILES string of the molecule is Clc1ccc2c(c1)CC[C@]21C[C@H]1c1ccccc1. The van der Waals surface area contributed by atoms with Crippen molar-refractivity contribution in [1.82, 2.24) is 0 Å². The molecule has 90 valence electrons. The highest BCUT2D eigenvalue weighted by atomic mass is 35.5. The molecule has 0 nitrogen and oxygen atoms in total. The van der Waals surface area contributed by atoms with Crippen molar-refractivity contribution < 1.29 is 0 Å². The van der Waals surface area contributed by atoms with Crippen molar-refractivity contribution in [3.05, 3.63) is 70.2 Å². The molecule has 2 aromatic rings. The Balaban J connectivity index is 1.74. The Hall–Kier alpha value is -1.27. The first-order chi connectivity index (χ1) is 8.79. The second-order valence-electron chi connectivity index (χ2n) is 5.63. The standard InChI is InChI=1S/C17H15Cl/c18-14-6-7-15-13(10-14)8-9-17(15)11-16(17)12-4-2-1-3-5-12/h1-7,10,16H,8-9,11H2/t16-,17-/m0/s1. The van der Waals surface area contributed by atoms with Gasteiger partial charge in [-0.3, -0.25) is 0 Å². The smallest absolute Gasteiger partial charge is 0.0408 e. The molecule has 2 aliphatic rings. The summed E-state index contributed by atoms with van der Waals surface area (Å²) < 4.78 is 0. The molecule has 0 amide bonds. The molecule has 1 fully saturated rings. The minimum atomic E-state index is 0.432. The number of halogens is 1. The molecule has 2 atom stereocenters. The first-order valence-corrected chi connectivity index (χ1v) is 7.01. The third-order valence-electron chi connectivity index (χ3n) is 4.72. The van der Waals surface area contributed by atoms with Gasteiger partial charge < -0.3 is 0 Å². The van der Waals surface area contributed by atoms with Crippen LogP contribution in [0, 0.1) is 0 Å². The monoisotopic (exact) mass is 254 g/mol. The number of benzene rings is 2. The molecule has 0 N–H and O–H groups in total. The molecule has 4 rings (SSSR count). The Morgan fingerprint density at radius 3 is 2.72 bits per heavy atom. The molecule has 0 aliphatic heterocycles. The zero-order valence-electron chi connectivity index (χ0n) is 10.2. The van der Waals surface area contributed by atoms with Crippen molar-refractivity contribution in [1.29, 1.82) is 0 Å². The maximum absolute atomic E-state index is 6.09. The number of fused-ring (bicyclic) bond motifs is 2. The summed E-state index contributed by atoms with van der Waals surface area (Å²) in [6.45, 7) is 0. The van der Waals surface area contributed by atoms with E-state index in [0.717, 1.165) is 10.9 Å². The highest BCUT2D eigenvalue weighted by Crippen LogP contribution is 2.66. The largest absolute Gasteiger partial charge is 0.0843 e. The van der Waals surface area contributed by atoms with Gasteiger partial charge in [-0.05, 0) is 54.0 Å². The molecular formula is C17H15Cl. The lowest BCUT2D eigenvalue weighted by molar-refractivity contribution is 0.655. The second-order valence-corrected chi connectivity index (χ2v) is 6.06. The fourth-order valence-corrected chi connectivity index (χ4v) is 3.94. The molecule has 0 heterocycles. The van der Waals surface area contributed by atoms with Gasteiger partial charge in [0, 0.05) is 10.4 Å². The molecule has 1 heteroatoms. The van der Waals surface area contributed by atoms with E-state index >= 15 is 0 Å². The molecule has 2 aromatic carbocycles. The highest BCUT2D eigenvalue weighted by molar-refractivity contribution is 6.30. The van der Waals surface area contributed by atoms with E-state index in [4.69, 9.17) is 11.6 Å². The minimum Gasteiger partial charge on any atom is -0.0843 e. The van der Waals surface area contributed by atoms with Crippen LogP contribution in [0.25, 0.3) is 0 Å². The van der Waals surface area contributed by atoms with Crippen LogP contribution < -0.4 is 0 Å². The highest BCUT2D eigenvalue weighted by Gasteiger charge is 2.58. The zero-order valence-corrected chi connectivity index (χ0v) is 11.0. The average Bonchev–Trinajstić information content (AvgIpc) is 3.02. The third kappa shape index (κ3) is 1.39. The van der Waals surface area contributed by atoms with Crippen molar-refractivity contribution in [3.63, 3.8) is 0 Å². The van der Waals surface area contributed by atoms with Crippen molar-refractivity contribution in [2.24, 2.45) is 0 Å². The van der Waals surface area contributed by atoms with E-state index in [-0.39, 0.29) is 0 Å². The van der Waals surface area contributed by atoms with E-state index < -0.39 is 0 Å². The van der Waals surface area contributed by atoms with Gasteiger partial charge in [-0.15, -0.1) is 0 Å². The van der Waals surface area contributed by atoms with E-state index in [1.807, 2.05) is 6.07 Å². The number of rotatable bonds is 1. The Morgan fingerprint density at radius 1 is 1.06 bits per heavy atom. The van der Waals surface area contributed by atoms with E-state index in [1.165, 1.54) is 30.4 Å². The Bertz CT molecular complexity index is 602. The maximum atomic E-state index is 6.09. The Morgan fingerprint density at radius 2 is 1.89 bits per heavy atom. The zero-order chi connectivity index (χ0) is 12.2.